The summed E-state index contributed by atoms with van der Waals surface area (Å²) in [6.45, 7) is 5.18. The summed E-state index contributed by atoms with van der Waals surface area (Å²) in [5.74, 6) is 1.10. The Labute approximate surface area is 174 Å². The smallest absolute Gasteiger partial charge is 0.272 e. The highest BCUT2D eigenvalue weighted by molar-refractivity contribution is 5.92. The number of amides is 1. The van der Waals surface area contributed by atoms with E-state index in [0.717, 1.165) is 29.7 Å². The Hall–Kier alpha value is -3.22. The van der Waals surface area contributed by atoms with E-state index in [2.05, 4.69) is 34.0 Å². The lowest BCUT2D eigenvalue weighted by Crippen LogP contribution is -2.31. The van der Waals surface area contributed by atoms with Gasteiger partial charge in [0.05, 0.1) is 24.3 Å². The van der Waals surface area contributed by atoms with Crippen LogP contribution >= 0.6 is 0 Å². The van der Waals surface area contributed by atoms with Gasteiger partial charge in [-0.2, -0.15) is 0 Å². The molecule has 1 saturated heterocycles. The van der Waals surface area contributed by atoms with Crippen LogP contribution in [0.25, 0.3) is 0 Å². The molecule has 30 heavy (non-hydrogen) atoms. The highest BCUT2D eigenvalue weighted by Crippen LogP contribution is 2.40. The molecule has 0 radical (unpaired) electrons. The zero-order valence-electron chi connectivity index (χ0n) is 17.2. The first-order valence-electron chi connectivity index (χ1n) is 10.5. The fourth-order valence-electron chi connectivity index (χ4n) is 4.98. The predicted octanol–water partition coefficient (Wildman–Crippen LogP) is 2.69. The molecule has 1 aliphatic heterocycles. The van der Waals surface area contributed by atoms with E-state index in [1.807, 2.05) is 34.6 Å². The minimum absolute atomic E-state index is 0.00667. The largest absolute Gasteiger partial charge is 0.336 e. The van der Waals surface area contributed by atoms with Gasteiger partial charge in [-0.25, -0.2) is 9.97 Å². The van der Waals surface area contributed by atoms with Crippen molar-refractivity contribution in [3.63, 3.8) is 0 Å². The van der Waals surface area contributed by atoms with Crippen LogP contribution in [0, 0.1) is 12.8 Å². The van der Waals surface area contributed by atoms with Crippen molar-refractivity contribution < 1.29 is 4.79 Å². The number of nitrogens with one attached hydrogen (secondary N) is 1. The van der Waals surface area contributed by atoms with Crippen LogP contribution in [0.3, 0.4) is 0 Å². The SMILES string of the molecule is Cc1nc2c(c(=O)[nH]1)CC[C@@H]1CN(C(=O)c3cncn3[C@H](C)c3ccccc3)C[C@H]21. The van der Waals surface area contributed by atoms with E-state index < -0.39 is 0 Å². The van der Waals surface area contributed by atoms with Crippen molar-refractivity contribution in [2.75, 3.05) is 13.1 Å². The van der Waals surface area contributed by atoms with E-state index in [0.29, 0.717) is 30.5 Å². The molecule has 3 heterocycles. The van der Waals surface area contributed by atoms with Crippen LogP contribution in [0.4, 0.5) is 0 Å². The van der Waals surface area contributed by atoms with Crippen LogP contribution in [-0.4, -0.2) is 43.4 Å². The number of hydrogen-bond acceptors (Lipinski definition) is 4. The van der Waals surface area contributed by atoms with Gasteiger partial charge in [-0.05, 0) is 38.2 Å². The molecule has 3 aromatic rings. The van der Waals surface area contributed by atoms with Crippen molar-refractivity contribution in [1.82, 2.24) is 24.4 Å². The zero-order valence-corrected chi connectivity index (χ0v) is 17.2. The Bertz CT molecular complexity index is 1150. The van der Waals surface area contributed by atoms with Crippen molar-refractivity contribution in [1.29, 1.82) is 0 Å². The number of benzene rings is 1. The Balaban J connectivity index is 1.42. The summed E-state index contributed by atoms with van der Waals surface area (Å²) in [7, 11) is 0. The fraction of sp³-hybridized carbons (Fsp3) is 0.391. The summed E-state index contributed by atoms with van der Waals surface area (Å²) in [6.07, 6.45) is 5.03. The fourth-order valence-corrected chi connectivity index (χ4v) is 4.98. The van der Waals surface area contributed by atoms with Crippen molar-refractivity contribution >= 4 is 5.91 Å². The first-order chi connectivity index (χ1) is 14.5. The van der Waals surface area contributed by atoms with E-state index in [-0.39, 0.29) is 23.4 Å². The average molecular weight is 403 g/mol. The van der Waals surface area contributed by atoms with Crippen molar-refractivity contribution in [2.45, 2.75) is 38.6 Å². The third-order valence-corrected chi connectivity index (χ3v) is 6.59. The molecule has 0 unspecified atom stereocenters. The van der Waals surface area contributed by atoms with E-state index in [1.165, 1.54) is 0 Å². The summed E-state index contributed by atoms with van der Waals surface area (Å²) in [5.41, 5.74) is 3.37. The van der Waals surface area contributed by atoms with Crippen LogP contribution in [-0.2, 0) is 6.42 Å². The van der Waals surface area contributed by atoms with Gasteiger partial charge in [0.15, 0.2) is 0 Å². The lowest BCUT2D eigenvalue weighted by molar-refractivity contribution is 0.0774. The molecule has 0 spiro atoms. The van der Waals surface area contributed by atoms with Crippen LogP contribution in [0.5, 0.6) is 0 Å². The highest BCUT2D eigenvalue weighted by Gasteiger charge is 2.42. The van der Waals surface area contributed by atoms with E-state index in [1.54, 1.807) is 12.5 Å². The molecule has 3 atom stereocenters. The van der Waals surface area contributed by atoms with Gasteiger partial charge in [0, 0.05) is 24.6 Å². The molecule has 1 amide bonds. The monoisotopic (exact) mass is 403 g/mol. The van der Waals surface area contributed by atoms with Crippen molar-refractivity contribution in [3.05, 3.63) is 81.5 Å². The number of fused-ring (bicyclic) bond motifs is 3. The van der Waals surface area contributed by atoms with E-state index in [4.69, 9.17) is 0 Å². The number of carbonyl (C=O) groups is 1. The number of imidazole rings is 1. The van der Waals surface area contributed by atoms with E-state index in [9.17, 15) is 9.59 Å². The lowest BCUT2D eigenvalue weighted by atomic mass is 9.80. The molecule has 0 bridgehead atoms. The summed E-state index contributed by atoms with van der Waals surface area (Å²) >= 11 is 0. The van der Waals surface area contributed by atoms with Gasteiger partial charge in [-0.15, -0.1) is 0 Å². The van der Waals surface area contributed by atoms with E-state index >= 15 is 0 Å². The molecule has 0 saturated carbocycles. The number of H-pyrrole nitrogens is 1. The molecule has 1 fully saturated rings. The molecular formula is C23H25N5O2. The zero-order chi connectivity index (χ0) is 20.8. The summed E-state index contributed by atoms with van der Waals surface area (Å²) in [5, 5.41) is 0. The molecule has 2 aromatic heterocycles. The van der Waals surface area contributed by atoms with Gasteiger partial charge < -0.3 is 14.5 Å². The van der Waals surface area contributed by atoms with Gasteiger partial charge in [0.2, 0.25) is 0 Å². The number of rotatable bonds is 3. The Kier molecular flexibility index (Phi) is 4.53. The Morgan fingerprint density at radius 2 is 2.03 bits per heavy atom. The molecule has 154 valence electrons. The molecule has 1 aliphatic carbocycles. The van der Waals surface area contributed by atoms with Gasteiger partial charge in [0.1, 0.15) is 11.5 Å². The number of hydrogen-bond donors (Lipinski definition) is 1. The first kappa shape index (κ1) is 18.8. The summed E-state index contributed by atoms with van der Waals surface area (Å²) < 4.78 is 1.95. The number of likely N-dealkylation sites (tertiary alicyclic amines) is 1. The first-order valence-corrected chi connectivity index (χ1v) is 10.5. The number of aryl methyl sites for hydroxylation is 1. The normalized spacial score (nSPS) is 21.2. The van der Waals surface area contributed by atoms with Gasteiger partial charge in [-0.1, -0.05) is 30.3 Å². The Morgan fingerprint density at radius 1 is 1.23 bits per heavy atom. The highest BCUT2D eigenvalue weighted by atomic mass is 16.2. The molecule has 5 rings (SSSR count). The molecule has 1 N–H and O–H groups in total. The standard InChI is InChI=1S/C23H25N5O2/c1-14(16-6-4-3-5-7-16)28-13-24-10-20(28)23(30)27-11-17-8-9-18-21(19(17)12-27)25-15(2)26-22(18)29/h3-7,10,13-14,17,19H,8-9,11-12H2,1-2H3,(H,25,26,29)/t14-,17-,19+/m1/s1. The minimum Gasteiger partial charge on any atom is -0.336 e. The molecular weight excluding hydrogens is 378 g/mol. The van der Waals surface area contributed by atoms with Crippen LogP contribution in [0.2, 0.25) is 0 Å². The second-order valence-electron chi connectivity index (χ2n) is 8.40. The van der Waals surface area contributed by atoms with Gasteiger partial charge in [0.25, 0.3) is 11.5 Å². The maximum Gasteiger partial charge on any atom is 0.272 e. The minimum atomic E-state index is -0.0320. The number of aromatic nitrogens is 4. The van der Waals surface area contributed by atoms with Crippen LogP contribution in [0.15, 0.2) is 47.7 Å². The average Bonchev–Trinajstić information content (AvgIpc) is 3.40. The van der Waals surface area contributed by atoms with Crippen LogP contribution < -0.4 is 5.56 Å². The third-order valence-electron chi connectivity index (χ3n) is 6.59. The molecule has 7 heteroatoms. The van der Waals surface area contributed by atoms with Crippen molar-refractivity contribution in [3.8, 4) is 0 Å². The summed E-state index contributed by atoms with van der Waals surface area (Å²) in [4.78, 5) is 39.4. The topological polar surface area (TPSA) is 83.9 Å². The summed E-state index contributed by atoms with van der Waals surface area (Å²) in [6, 6.07) is 10.1. The molecule has 1 aromatic carbocycles. The van der Waals surface area contributed by atoms with Gasteiger partial charge in [-0.3, -0.25) is 9.59 Å². The lowest BCUT2D eigenvalue weighted by Gasteiger charge is -2.25. The third kappa shape index (κ3) is 3.05. The predicted molar refractivity (Wildman–Crippen MR) is 113 cm³/mol. The second-order valence-corrected chi connectivity index (χ2v) is 8.40. The van der Waals surface area contributed by atoms with Crippen LogP contribution in [0.1, 0.15) is 58.4 Å². The maximum atomic E-state index is 13.4. The molecule has 7 nitrogen and oxygen atoms in total. The number of aromatic amines is 1. The second kappa shape index (κ2) is 7.23. The Morgan fingerprint density at radius 3 is 2.83 bits per heavy atom. The number of carbonyl (C=O) groups excluding carboxylic acids is 1. The number of nitrogens with zero attached hydrogens (tertiary/aromatic N) is 4. The van der Waals surface area contributed by atoms with Crippen molar-refractivity contribution in [2.24, 2.45) is 5.92 Å². The maximum absolute atomic E-state index is 13.4. The quantitative estimate of drug-likeness (QED) is 0.729. The van der Waals surface area contributed by atoms with Gasteiger partial charge >= 0.3 is 0 Å². The molecule has 2 aliphatic rings.